The van der Waals surface area contributed by atoms with E-state index in [0.717, 1.165) is 70.6 Å². The maximum Gasteiger partial charge on any atom is 0.220 e. The van der Waals surface area contributed by atoms with E-state index >= 15 is 0 Å². The van der Waals surface area contributed by atoms with Crippen LogP contribution in [-0.4, -0.2) is 34.9 Å². The summed E-state index contributed by atoms with van der Waals surface area (Å²) in [5.74, 6) is -0.107. The fraction of sp³-hybridized carbons (Fsp3) is 0.737. The Labute approximate surface area is 380 Å². The fourth-order valence-electron chi connectivity index (χ4n) is 7.65. The lowest BCUT2D eigenvalue weighted by Crippen LogP contribution is -2.45. The number of allylic oxidation sites excluding steroid dienone is 13. The van der Waals surface area contributed by atoms with Crippen LogP contribution in [0.3, 0.4) is 0 Å². The third-order valence-electron chi connectivity index (χ3n) is 11.6. The summed E-state index contributed by atoms with van der Waals surface area (Å²) in [5, 5.41) is 23.1. The second kappa shape index (κ2) is 51.9. The highest BCUT2D eigenvalue weighted by atomic mass is 16.3. The Morgan fingerprint density at radius 2 is 0.721 bits per heavy atom. The number of hydrogen-bond donors (Lipinski definition) is 3. The zero-order chi connectivity index (χ0) is 44.2. The molecule has 61 heavy (non-hydrogen) atoms. The summed E-state index contributed by atoms with van der Waals surface area (Å²) >= 11 is 0. The van der Waals surface area contributed by atoms with Crippen molar-refractivity contribution in [3.8, 4) is 0 Å². The number of carbonyl (C=O) groups is 1. The van der Waals surface area contributed by atoms with Gasteiger partial charge in [-0.05, 0) is 70.6 Å². The molecule has 0 aliphatic rings. The summed E-state index contributed by atoms with van der Waals surface area (Å²) in [6.07, 6.45) is 75.9. The summed E-state index contributed by atoms with van der Waals surface area (Å²) in [6, 6.07) is -0.652. The monoisotopic (exact) mass is 848 g/mol. The molecule has 0 rings (SSSR count). The van der Waals surface area contributed by atoms with Crippen LogP contribution < -0.4 is 5.32 Å². The third kappa shape index (κ3) is 48.5. The summed E-state index contributed by atoms with van der Waals surface area (Å²) in [5.41, 5.74) is 0. The number of amides is 1. The summed E-state index contributed by atoms with van der Waals surface area (Å²) in [4.78, 5) is 12.4. The molecule has 0 radical (unpaired) electrons. The largest absolute Gasteiger partial charge is 0.394 e. The smallest absolute Gasteiger partial charge is 0.220 e. The maximum absolute atomic E-state index is 12.4. The van der Waals surface area contributed by atoms with Crippen LogP contribution in [0, 0.1) is 0 Å². The van der Waals surface area contributed by atoms with Gasteiger partial charge in [-0.1, -0.05) is 259 Å². The first kappa shape index (κ1) is 58.6. The number of aliphatic hydroxyl groups is 2. The van der Waals surface area contributed by atoms with Gasteiger partial charge in [-0.15, -0.1) is 0 Å². The van der Waals surface area contributed by atoms with E-state index in [1.165, 1.54) is 161 Å². The predicted molar refractivity (Wildman–Crippen MR) is 271 cm³/mol. The molecule has 352 valence electrons. The zero-order valence-electron chi connectivity index (χ0n) is 40.4. The molecule has 0 aromatic heterocycles. The van der Waals surface area contributed by atoms with Gasteiger partial charge in [0.15, 0.2) is 0 Å². The lowest BCUT2D eigenvalue weighted by atomic mass is 10.0. The Morgan fingerprint density at radius 3 is 1.08 bits per heavy atom. The van der Waals surface area contributed by atoms with Crippen molar-refractivity contribution in [1.29, 1.82) is 0 Å². The predicted octanol–water partition coefficient (Wildman–Crippen LogP) is 17.2. The summed E-state index contributed by atoms with van der Waals surface area (Å²) in [7, 11) is 0. The molecule has 4 heteroatoms. The van der Waals surface area contributed by atoms with E-state index < -0.39 is 12.1 Å². The van der Waals surface area contributed by atoms with Crippen molar-refractivity contribution in [2.75, 3.05) is 6.61 Å². The number of unbranched alkanes of at least 4 members (excludes halogenated alkanes) is 28. The molecule has 2 atom stereocenters. The topological polar surface area (TPSA) is 69.6 Å². The van der Waals surface area contributed by atoms with Gasteiger partial charge in [0.25, 0.3) is 0 Å². The Morgan fingerprint density at radius 1 is 0.410 bits per heavy atom. The van der Waals surface area contributed by atoms with Gasteiger partial charge in [-0.25, -0.2) is 0 Å². The molecule has 1 amide bonds. The van der Waals surface area contributed by atoms with E-state index in [1.807, 2.05) is 6.08 Å². The van der Waals surface area contributed by atoms with E-state index in [2.05, 4.69) is 92.1 Å². The molecule has 2 unspecified atom stereocenters. The SMILES string of the molecule is CC/C=C\C/C=C\C/C=C\C/C=C\C/C=C\C/C=C\CCCCC(=O)NC(CO)C(O)/C=C/CCCCCCCCCCCCCCCCCCCCCCCCCCCC. The van der Waals surface area contributed by atoms with Crippen molar-refractivity contribution in [2.24, 2.45) is 0 Å². The molecule has 0 saturated heterocycles. The van der Waals surface area contributed by atoms with E-state index in [1.54, 1.807) is 6.08 Å². The van der Waals surface area contributed by atoms with Crippen molar-refractivity contribution in [1.82, 2.24) is 5.32 Å². The quantitative estimate of drug-likeness (QED) is 0.0422. The molecule has 4 nitrogen and oxygen atoms in total. The molecule has 0 heterocycles. The molecular formula is C57H101NO3. The van der Waals surface area contributed by atoms with Gasteiger partial charge < -0.3 is 15.5 Å². The van der Waals surface area contributed by atoms with E-state index in [0.29, 0.717) is 6.42 Å². The van der Waals surface area contributed by atoms with Crippen molar-refractivity contribution in [3.05, 3.63) is 85.1 Å². The van der Waals surface area contributed by atoms with Crippen molar-refractivity contribution in [3.63, 3.8) is 0 Å². The van der Waals surface area contributed by atoms with Crippen molar-refractivity contribution >= 4 is 5.91 Å². The van der Waals surface area contributed by atoms with Gasteiger partial charge in [0, 0.05) is 6.42 Å². The molecule has 0 saturated carbocycles. The van der Waals surface area contributed by atoms with Crippen LogP contribution in [0.25, 0.3) is 0 Å². The zero-order valence-corrected chi connectivity index (χ0v) is 40.4. The second-order valence-corrected chi connectivity index (χ2v) is 17.6. The number of aliphatic hydroxyl groups excluding tert-OH is 2. The van der Waals surface area contributed by atoms with E-state index in [9.17, 15) is 15.0 Å². The Bertz CT molecular complexity index is 1100. The standard InChI is InChI=1S/C57H101NO3/c1-3-5-7-9-11-13-15-17-19-21-23-25-26-27-28-29-30-31-33-34-36-38-40-42-44-46-48-50-52-56(60)55(54-59)58-57(61)53-51-49-47-45-43-41-39-37-35-32-24-22-20-18-16-14-12-10-8-6-4-2/h6,8,12,14,18,20,24,32,37,39,43,45,50,52,55-56,59-60H,3-5,7,9-11,13,15-17,19,21-23,25-31,33-36,38,40-42,44,46-49,51,53-54H2,1-2H3,(H,58,61)/b8-6-,14-12-,20-18-,32-24-,39-37-,45-43-,52-50+. The van der Waals surface area contributed by atoms with Gasteiger partial charge in [-0.2, -0.15) is 0 Å². The highest BCUT2D eigenvalue weighted by Gasteiger charge is 2.17. The van der Waals surface area contributed by atoms with Crippen LogP contribution in [0.1, 0.15) is 251 Å². The van der Waals surface area contributed by atoms with E-state index in [4.69, 9.17) is 0 Å². The molecular weight excluding hydrogens is 747 g/mol. The van der Waals surface area contributed by atoms with E-state index in [-0.39, 0.29) is 12.5 Å². The normalized spacial score (nSPS) is 13.6. The molecule has 3 N–H and O–H groups in total. The minimum absolute atomic E-state index is 0.107. The Balaban J connectivity index is 3.59. The Hall–Kier alpha value is -2.43. The maximum atomic E-state index is 12.4. The lowest BCUT2D eigenvalue weighted by molar-refractivity contribution is -0.123. The van der Waals surface area contributed by atoms with Gasteiger partial charge in [-0.3, -0.25) is 4.79 Å². The van der Waals surface area contributed by atoms with Crippen LogP contribution >= 0.6 is 0 Å². The molecule has 0 aliphatic carbocycles. The second-order valence-electron chi connectivity index (χ2n) is 17.6. The van der Waals surface area contributed by atoms with Crippen LogP contribution in [0.4, 0.5) is 0 Å². The number of hydrogen-bond acceptors (Lipinski definition) is 3. The minimum Gasteiger partial charge on any atom is -0.394 e. The van der Waals surface area contributed by atoms with Crippen LogP contribution in [0.15, 0.2) is 85.1 Å². The van der Waals surface area contributed by atoms with Gasteiger partial charge in [0.05, 0.1) is 18.8 Å². The summed E-state index contributed by atoms with van der Waals surface area (Å²) in [6.45, 7) is 4.19. The van der Waals surface area contributed by atoms with Crippen molar-refractivity contribution < 1.29 is 15.0 Å². The van der Waals surface area contributed by atoms with Crippen LogP contribution in [0.2, 0.25) is 0 Å². The highest BCUT2D eigenvalue weighted by molar-refractivity contribution is 5.76. The van der Waals surface area contributed by atoms with Crippen LogP contribution in [-0.2, 0) is 4.79 Å². The lowest BCUT2D eigenvalue weighted by Gasteiger charge is -2.19. The first-order valence-electron chi connectivity index (χ1n) is 26.3. The highest BCUT2D eigenvalue weighted by Crippen LogP contribution is 2.16. The molecule has 0 fully saturated rings. The molecule has 0 aliphatic heterocycles. The average Bonchev–Trinajstić information content (AvgIpc) is 3.26. The minimum atomic E-state index is -0.864. The summed E-state index contributed by atoms with van der Waals surface area (Å²) < 4.78 is 0. The number of rotatable bonds is 47. The van der Waals surface area contributed by atoms with Gasteiger partial charge >= 0.3 is 0 Å². The van der Waals surface area contributed by atoms with Crippen LogP contribution in [0.5, 0.6) is 0 Å². The first-order valence-corrected chi connectivity index (χ1v) is 26.3. The molecule has 0 aromatic carbocycles. The molecule has 0 bridgehead atoms. The Kier molecular flexibility index (Phi) is 49.8. The average molecular weight is 848 g/mol. The first-order chi connectivity index (χ1) is 30.2. The third-order valence-corrected chi connectivity index (χ3v) is 11.6. The van der Waals surface area contributed by atoms with Gasteiger partial charge in [0.1, 0.15) is 0 Å². The van der Waals surface area contributed by atoms with Crippen molar-refractivity contribution in [2.45, 2.75) is 264 Å². The molecule has 0 aromatic rings. The van der Waals surface area contributed by atoms with Gasteiger partial charge in [0.2, 0.25) is 5.91 Å². The number of carbonyl (C=O) groups excluding carboxylic acids is 1. The number of nitrogens with one attached hydrogen (secondary N) is 1. The molecule has 0 spiro atoms. The fourth-order valence-corrected chi connectivity index (χ4v) is 7.65.